The fourth-order valence-electron chi connectivity index (χ4n) is 2.50. The number of esters is 1. The van der Waals surface area contributed by atoms with Crippen LogP contribution in [-0.2, 0) is 28.7 Å². The van der Waals surface area contributed by atoms with Gasteiger partial charge in [0.1, 0.15) is 23.3 Å². The molecule has 154 valence electrons. The number of hydrogen-bond donors (Lipinski definition) is 0. The Morgan fingerprint density at radius 2 is 1.65 bits per heavy atom. The molecular weight excluding hydrogens is 336 g/mol. The molecule has 0 aromatic heterocycles. The molecular formula is C20H38O6. The number of hydrogen-bond acceptors (Lipinski definition) is 6. The van der Waals surface area contributed by atoms with Gasteiger partial charge < -0.3 is 9.47 Å². The molecule has 0 aliphatic carbocycles. The van der Waals surface area contributed by atoms with Crippen molar-refractivity contribution in [2.24, 2.45) is 11.8 Å². The van der Waals surface area contributed by atoms with Gasteiger partial charge in [-0.1, -0.05) is 14.9 Å². The van der Waals surface area contributed by atoms with Crippen molar-refractivity contribution in [3.8, 4) is 0 Å². The van der Waals surface area contributed by atoms with Crippen LogP contribution < -0.4 is 0 Å². The van der Waals surface area contributed by atoms with E-state index in [1.807, 2.05) is 0 Å². The number of ketones is 3. The van der Waals surface area contributed by atoms with E-state index in [-0.39, 0.29) is 38.2 Å². The highest BCUT2D eigenvalue weighted by Crippen LogP contribution is 2.16. The van der Waals surface area contributed by atoms with Crippen molar-refractivity contribution >= 4 is 23.3 Å². The molecule has 0 saturated carbocycles. The molecule has 0 N–H and O–H groups in total. The lowest BCUT2D eigenvalue weighted by molar-refractivity contribution is -0.150. The number of methoxy groups -OCH3 is 1. The normalized spacial score (nSPS) is 16.0. The highest BCUT2D eigenvalue weighted by molar-refractivity contribution is 6.00. The summed E-state index contributed by atoms with van der Waals surface area (Å²) in [6.07, 6.45) is 4.90. The van der Waals surface area contributed by atoms with Crippen molar-refractivity contribution in [1.29, 1.82) is 0 Å². The van der Waals surface area contributed by atoms with Crippen molar-refractivity contribution in [1.82, 2.24) is 0 Å². The SMILES string of the molecule is C.C.CC(=O)C1CCCCOC1=O.COCCCCC(C(C)=O)C(C)=O. The third-order valence-corrected chi connectivity index (χ3v) is 3.98. The lowest BCUT2D eigenvalue weighted by Crippen LogP contribution is -2.22. The number of carbonyl (C=O) groups is 4. The molecule has 1 rings (SSSR count). The average molecular weight is 375 g/mol. The van der Waals surface area contributed by atoms with E-state index in [1.54, 1.807) is 7.11 Å². The van der Waals surface area contributed by atoms with E-state index in [0.29, 0.717) is 26.1 Å². The molecule has 1 saturated heterocycles. The second-order valence-electron chi connectivity index (χ2n) is 6.09. The molecule has 0 spiro atoms. The minimum atomic E-state index is -0.488. The number of rotatable bonds is 8. The van der Waals surface area contributed by atoms with Crippen molar-refractivity contribution < 1.29 is 28.7 Å². The summed E-state index contributed by atoms with van der Waals surface area (Å²) in [5.74, 6) is -1.34. The summed E-state index contributed by atoms with van der Waals surface area (Å²) in [6, 6.07) is 0. The molecule has 1 atom stereocenters. The van der Waals surface area contributed by atoms with Crippen LogP contribution in [0.2, 0.25) is 0 Å². The van der Waals surface area contributed by atoms with Crippen LogP contribution in [0.3, 0.4) is 0 Å². The Morgan fingerprint density at radius 1 is 1.08 bits per heavy atom. The highest BCUT2D eigenvalue weighted by atomic mass is 16.5. The van der Waals surface area contributed by atoms with Crippen LogP contribution in [0.15, 0.2) is 0 Å². The first-order valence-corrected chi connectivity index (χ1v) is 8.48. The van der Waals surface area contributed by atoms with Gasteiger partial charge in [-0.3, -0.25) is 19.2 Å². The maximum Gasteiger partial charge on any atom is 0.316 e. The summed E-state index contributed by atoms with van der Waals surface area (Å²) >= 11 is 0. The molecule has 0 bridgehead atoms. The lowest BCUT2D eigenvalue weighted by Gasteiger charge is -2.08. The second-order valence-corrected chi connectivity index (χ2v) is 6.09. The fourth-order valence-corrected chi connectivity index (χ4v) is 2.50. The summed E-state index contributed by atoms with van der Waals surface area (Å²) in [6.45, 7) is 5.56. The molecule has 1 unspecified atom stereocenters. The zero-order valence-electron chi connectivity index (χ0n) is 15.3. The third-order valence-electron chi connectivity index (χ3n) is 3.98. The Balaban J connectivity index is -0.000000381. The summed E-state index contributed by atoms with van der Waals surface area (Å²) in [7, 11) is 1.65. The van der Waals surface area contributed by atoms with E-state index in [9.17, 15) is 19.2 Å². The Hall–Kier alpha value is -1.56. The Morgan fingerprint density at radius 3 is 2.12 bits per heavy atom. The molecule has 0 radical (unpaired) electrons. The standard InChI is InChI=1S/C10H18O3.C8H12O3.2CH4/c1-8(11)10(9(2)12)6-4-5-7-13-3;1-6(9)7-4-2-3-5-11-8(7)10;;/h10H,4-7H2,1-3H3;7H,2-5H2,1H3;2*1H4. The molecule has 1 aliphatic heterocycles. The van der Waals surface area contributed by atoms with Crippen molar-refractivity contribution in [3.63, 3.8) is 0 Å². The molecule has 1 fully saturated rings. The molecule has 1 heterocycles. The fraction of sp³-hybridized carbons (Fsp3) is 0.800. The molecule has 26 heavy (non-hydrogen) atoms. The van der Waals surface area contributed by atoms with Crippen LogP contribution in [0, 0.1) is 11.8 Å². The van der Waals surface area contributed by atoms with Crippen LogP contribution in [0.25, 0.3) is 0 Å². The van der Waals surface area contributed by atoms with Gasteiger partial charge in [-0.05, 0) is 59.3 Å². The van der Waals surface area contributed by atoms with E-state index in [4.69, 9.17) is 9.47 Å². The third kappa shape index (κ3) is 12.8. The van der Waals surface area contributed by atoms with Gasteiger partial charge >= 0.3 is 5.97 Å². The predicted octanol–water partition coefficient (Wildman–Crippen LogP) is 3.79. The van der Waals surface area contributed by atoms with Crippen molar-refractivity contribution in [3.05, 3.63) is 0 Å². The van der Waals surface area contributed by atoms with Crippen molar-refractivity contribution in [2.45, 2.75) is 74.1 Å². The van der Waals surface area contributed by atoms with E-state index < -0.39 is 11.8 Å². The van der Waals surface area contributed by atoms with Gasteiger partial charge in [0, 0.05) is 13.7 Å². The molecule has 6 heteroatoms. The van der Waals surface area contributed by atoms with Gasteiger partial charge in [0.15, 0.2) is 0 Å². The number of ether oxygens (including phenoxy) is 2. The minimum absolute atomic E-state index is 0. The molecule has 6 nitrogen and oxygen atoms in total. The van der Waals surface area contributed by atoms with Crippen LogP contribution in [0.1, 0.15) is 74.1 Å². The predicted molar refractivity (Wildman–Crippen MR) is 103 cm³/mol. The van der Waals surface area contributed by atoms with E-state index >= 15 is 0 Å². The maximum absolute atomic E-state index is 11.0. The van der Waals surface area contributed by atoms with Gasteiger partial charge in [-0.15, -0.1) is 0 Å². The quantitative estimate of drug-likeness (QED) is 0.365. The molecule has 0 aromatic carbocycles. The maximum atomic E-state index is 11.0. The molecule has 0 amide bonds. The smallest absolute Gasteiger partial charge is 0.316 e. The largest absolute Gasteiger partial charge is 0.465 e. The molecule has 0 aromatic rings. The highest BCUT2D eigenvalue weighted by Gasteiger charge is 2.26. The van der Waals surface area contributed by atoms with Crippen LogP contribution in [-0.4, -0.2) is 43.6 Å². The Kier molecular flexibility index (Phi) is 19.0. The van der Waals surface area contributed by atoms with Gasteiger partial charge in [0.05, 0.1) is 12.5 Å². The van der Waals surface area contributed by atoms with E-state index in [0.717, 1.165) is 25.7 Å². The summed E-state index contributed by atoms with van der Waals surface area (Å²) < 4.78 is 9.69. The summed E-state index contributed by atoms with van der Waals surface area (Å²) in [5, 5.41) is 0. The van der Waals surface area contributed by atoms with Gasteiger partial charge in [-0.2, -0.15) is 0 Å². The zero-order valence-corrected chi connectivity index (χ0v) is 15.3. The first kappa shape index (κ1) is 29.2. The van der Waals surface area contributed by atoms with Crippen LogP contribution in [0.5, 0.6) is 0 Å². The van der Waals surface area contributed by atoms with E-state index in [2.05, 4.69) is 0 Å². The van der Waals surface area contributed by atoms with Crippen molar-refractivity contribution in [2.75, 3.05) is 20.3 Å². The first-order valence-electron chi connectivity index (χ1n) is 8.48. The first-order chi connectivity index (χ1) is 11.3. The molecule has 1 aliphatic rings. The van der Waals surface area contributed by atoms with E-state index in [1.165, 1.54) is 20.8 Å². The number of carbonyl (C=O) groups excluding carboxylic acids is 4. The summed E-state index contributed by atoms with van der Waals surface area (Å²) in [5.41, 5.74) is 0. The topological polar surface area (TPSA) is 86.7 Å². The minimum Gasteiger partial charge on any atom is -0.465 e. The van der Waals surface area contributed by atoms with Gasteiger partial charge in [0.2, 0.25) is 0 Å². The van der Waals surface area contributed by atoms with Crippen LogP contribution >= 0.6 is 0 Å². The summed E-state index contributed by atoms with van der Waals surface area (Å²) in [4.78, 5) is 43.9. The van der Waals surface area contributed by atoms with Gasteiger partial charge in [0.25, 0.3) is 0 Å². The second kappa shape index (κ2) is 16.9. The number of unbranched alkanes of at least 4 members (excludes halogenated alkanes) is 1. The number of cyclic esters (lactones) is 1. The monoisotopic (exact) mass is 374 g/mol. The van der Waals surface area contributed by atoms with Gasteiger partial charge in [-0.25, -0.2) is 0 Å². The Bertz CT molecular complexity index is 416. The average Bonchev–Trinajstić information content (AvgIpc) is 2.71. The zero-order chi connectivity index (χ0) is 18.5. The Labute approximate surface area is 159 Å². The van der Waals surface area contributed by atoms with Crippen LogP contribution in [0.4, 0.5) is 0 Å². The number of Topliss-reactive ketones (excluding diaryl/α,β-unsaturated/α-hetero) is 3. The lowest BCUT2D eigenvalue weighted by atomic mass is 9.94.